The Morgan fingerprint density at radius 2 is 1.86 bits per heavy atom. The van der Waals surface area contributed by atoms with Crippen molar-refractivity contribution in [3.63, 3.8) is 0 Å². The Morgan fingerprint density at radius 3 is 2.52 bits per heavy atom. The molecule has 1 heterocycles. The lowest BCUT2D eigenvalue weighted by Gasteiger charge is -2.12. The fraction of sp³-hybridized carbons (Fsp3) is 0.100. The number of ether oxygens (including phenoxy) is 1. The Balaban J connectivity index is 1.86. The molecule has 0 spiro atoms. The minimum atomic E-state index is -4.09. The molecule has 0 saturated carbocycles. The molecule has 0 atom stereocenters. The average Bonchev–Trinajstić information content (AvgIpc) is 2.70. The van der Waals surface area contributed by atoms with E-state index in [-0.39, 0.29) is 16.1 Å². The van der Waals surface area contributed by atoms with Crippen LogP contribution in [-0.2, 0) is 10.0 Å². The van der Waals surface area contributed by atoms with Crippen molar-refractivity contribution in [1.82, 2.24) is 4.98 Å². The molecule has 3 rings (SSSR count). The number of halogens is 1. The van der Waals surface area contributed by atoms with E-state index in [9.17, 15) is 17.6 Å². The molecule has 1 aromatic heterocycles. The molecule has 150 valence electrons. The molecule has 7 nitrogen and oxygen atoms in total. The second kappa shape index (κ2) is 8.27. The number of para-hydroxylation sites is 1. The van der Waals surface area contributed by atoms with E-state index in [4.69, 9.17) is 4.74 Å². The molecule has 0 fully saturated rings. The van der Waals surface area contributed by atoms with Crippen molar-refractivity contribution in [3.05, 3.63) is 77.7 Å². The third-order valence-electron chi connectivity index (χ3n) is 4.09. The summed E-state index contributed by atoms with van der Waals surface area (Å²) in [5.74, 6) is -0.808. The number of amides is 1. The van der Waals surface area contributed by atoms with Crippen LogP contribution in [0, 0.1) is 12.7 Å². The predicted molar refractivity (Wildman–Crippen MR) is 107 cm³/mol. The van der Waals surface area contributed by atoms with Crippen molar-refractivity contribution >= 4 is 27.3 Å². The first-order valence-corrected chi connectivity index (χ1v) is 9.98. The van der Waals surface area contributed by atoms with Crippen LogP contribution in [0.4, 0.5) is 15.8 Å². The van der Waals surface area contributed by atoms with E-state index in [1.807, 2.05) is 0 Å². The van der Waals surface area contributed by atoms with Gasteiger partial charge in [0.1, 0.15) is 5.82 Å². The summed E-state index contributed by atoms with van der Waals surface area (Å²) in [6.45, 7) is 1.68. The van der Waals surface area contributed by atoms with E-state index in [1.54, 1.807) is 19.1 Å². The SMILES string of the molecule is COc1ccc(NC(=O)c2cc(S(=O)(=O)Nc3ccccc3F)ccc2C)cn1. The molecular weight excluding hydrogens is 397 g/mol. The Morgan fingerprint density at radius 1 is 1.10 bits per heavy atom. The number of nitrogens with one attached hydrogen (secondary N) is 2. The lowest BCUT2D eigenvalue weighted by atomic mass is 10.1. The van der Waals surface area contributed by atoms with E-state index in [0.717, 1.165) is 6.07 Å². The van der Waals surface area contributed by atoms with E-state index < -0.39 is 21.7 Å². The van der Waals surface area contributed by atoms with E-state index in [0.29, 0.717) is 17.1 Å². The second-order valence-electron chi connectivity index (χ2n) is 6.11. The number of aromatic nitrogens is 1. The molecule has 0 aliphatic heterocycles. The molecule has 1 amide bonds. The molecule has 0 aliphatic carbocycles. The highest BCUT2D eigenvalue weighted by Gasteiger charge is 2.19. The minimum absolute atomic E-state index is 0.163. The number of anilines is 2. The molecule has 0 radical (unpaired) electrons. The standard InChI is InChI=1S/C20H18FN3O4S/c1-13-7-9-15(29(26,27)24-18-6-4-3-5-17(18)21)11-16(13)20(25)23-14-8-10-19(28-2)22-12-14/h3-12,24H,1-2H3,(H,23,25). The molecule has 3 aromatic rings. The van der Waals surface area contributed by atoms with Crippen molar-refractivity contribution in [3.8, 4) is 5.88 Å². The summed E-state index contributed by atoms with van der Waals surface area (Å²) in [7, 11) is -2.61. The van der Waals surface area contributed by atoms with Gasteiger partial charge in [0.05, 0.1) is 29.6 Å². The normalized spacial score (nSPS) is 11.0. The predicted octanol–water partition coefficient (Wildman–Crippen LogP) is 3.59. The molecule has 29 heavy (non-hydrogen) atoms. The summed E-state index contributed by atoms with van der Waals surface area (Å²) in [5, 5.41) is 2.66. The number of sulfonamides is 1. The lowest BCUT2D eigenvalue weighted by Crippen LogP contribution is -2.17. The van der Waals surface area contributed by atoms with Gasteiger partial charge in [-0.05, 0) is 42.8 Å². The van der Waals surface area contributed by atoms with Crippen LogP contribution in [0.5, 0.6) is 5.88 Å². The summed E-state index contributed by atoms with van der Waals surface area (Å²) in [6.07, 6.45) is 1.42. The highest BCUT2D eigenvalue weighted by atomic mass is 32.2. The lowest BCUT2D eigenvalue weighted by molar-refractivity contribution is 0.102. The van der Waals surface area contributed by atoms with E-state index in [2.05, 4.69) is 15.0 Å². The Bertz CT molecular complexity index is 1150. The van der Waals surface area contributed by atoms with Gasteiger partial charge in [0.2, 0.25) is 5.88 Å². The quantitative estimate of drug-likeness (QED) is 0.641. The number of hydrogen-bond acceptors (Lipinski definition) is 5. The summed E-state index contributed by atoms with van der Waals surface area (Å²) in [5.41, 5.74) is 0.988. The van der Waals surface area contributed by atoms with Gasteiger partial charge in [-0.1, -0.05) is 18.2 Å². The molecule has 0 aliphatic rings. The third-order valence-corrected chi connectivity index (χ3v) is 5.45. The third kappa shape index (κ3) is 4.69. The molecule has 2 aromatic carbocycles. The van der Waals surface area contributed by atoms with Gasteiger partial charge in [0.15, 0.2) is 0 Å². The smallest absolute Gasteiger partial charge is 0.262 e. The van der Waals surface area contributed by atoms with Crippen molar-refractivity contribution in [2.24, 2.45) is 0 Å². The number of carbonyl (C=O) groups excluding carboxylic acids is 1. The van der Waals surface area contributed by atoms with Crippen LogP contribution >= 0.6 is 0 Å². The maximum Gasteiger partial charge on any atom is 0.262 e. The van der Waals surface area contributed by atoms with Crippen molar-refractivity contribution < 1.29 is 22.3 Å². The van der Waals surface area contributed by atoms with Gasteiger partial charge in [-0.2, -0.15) is 0 Å². The first-order valence-electron chi connectivity index (χ1n) is 8.49. The number of hydrogen-bond donors (Lipinski definition) is 2. The minimum Gasteiger partial charge on any atom is -0.481 e. The Hall–Kier alpha value is -3.46. The van der Waals surface area contributed by atoms with Gasteiger partial charge in [-0.3, -0.25) is 9.52 Å². The number of pyridine rings is 1. The van der Waals surface area contributed by atoms with Crippen LogP contribution in [0.3, 0.4) is 0 Å². The van der Waals surface area contributed by atoms with Crippen LogP contribution in [0.25, 0.3) is 0 Å². The summed E-state index contributed by atoms with van der Waals surface area (Å²) >= 11 is 0. The summed E-state index contributed by atoms with van der Waals surface area (Å²) in [6, 6.07) is 12.7. The molecule has 0 bridgehead atoms. The van der Waals surface area contributed by atoms with Crippen molar-refractivity contribution in [1.29, 1.82) is 0 Å². The van der Waals surface area contributed by atoms with Gasteiger partial charge in [-0.25, -0.2) is 17.8 Å². The Labute approximate surface area is 167 Å². The zero-order chi connectivity index (χ0) is 21.0. The summed E-state index contributed by atoms with van der Waals surface area (Å²) < 4.78 is 46.2. The Kier molecular flexibility index (Phi) is 5.79. The first-order chi connectivity index (χ1) is 13.8. The van der Waals surface area contributed by atoms with Gasteiger partial charge in [0.25, 0.3) is 15.9 Å². The fourth-order valence-electron chi connectivity index (χ4n) is 2.53. The van der Waals surface area contributed by atoms with Gasteiger partial charge in [-0.15, -0.1) is 0 Å². The molecule has 0 unspecified atom stereocenters. The molecular formula is C20H18FN3O4S. The monoisotopic (exact) mass is 415 g/mol. The topological polar surface area (TPSA) is 97.4 Å². The number of nitrogens with zero attached hydrogens (tertiary/aromatic N) is 1. The number of methoxy groups -OCH3 is 1. The maximum atomic E-state index is 13.8. The maximum absolute atomic E-state index is 13.8. The van der Waals surface area contributed by atoms with Crippen molar-refractivity contribution in [2.75, 3.05) is 17.1 Å². The first kappa shape index (κ1) is 20.3. The average molecular weight is 415 g/mol. The van der Waals surface area contributed by atoms with Crippen LogP contribution in [0.15, 0.2) is 65.7 Å². The van der Waals surface area contributed by atoms with Crippen LogP contribution in [0.2, 0.25) is 0 Å². The highest BCUT2D eigenvalue weighted by Crippen LogP contribution is 2.22. The van der Waals surface area contributed by atoms with Crippen LogP contribution in [0.1, 0.15) is 15.9 Å². The van der Waals surface area contributed by atoms with Crippen LogP contribution < -0.4 is 14.8 Å². The second-order valence-corrected chi connectivity index (χ2v) is 7.79. The zero-order valence-corrected chi connectivity index (χ0v) is 16.5. The summed E-state index contributed by atoms with van der Waals surface area (Å²) in [4.78, 5) is 16.5. The highest BCUT2D eigenvalue weighted by molar-refractivity contribution is 7.92. The zero-order valence-electron chi connectivity index (χ0n) is 15.6. The largest absolute Gasteiger partial charge is 0.481 e. The molecule has 0 saturated heterocycles. The van der Waals surface area contributed by atoms with E-state index >= 15 is 0 Å². The number of benzene rings is 2. The van der Waals surface area contributed by atoms with Gasteiger partial charge >= 0.3 is 0 Å². The molecule has 2 N–H and O–H groups in total. The van der Waals surface area contributed by atoms with Crippen LogP contribution in [-0.4, -0.2) is 26.4 Å². The van der Waals surface area contributed by atoms with Crippen molar-refractivity contribution in [2.45, 2.75) is 11.8 Å². The number of rotatable bonds is 6. The fourth-order valence-corrected chi connectivity index (χ4v) is 3.63. The van der Waals surface area contributed by atoms with E-state index in [1.165, 1.54) is 49.7 Å². The molecule has 9 heteroatoms. The van der Waals surface area contributed by atoms with Gasteiger partial charge in [0, 0.05) is 11.6 Å². The number of carbonyl (C=O) groups is 1. The number of aryl methyl sites for hydroxylation is 1. The van der Waals surface area contributed by atoms with Gasteiger partial charge < -0.3 is 10.1 Å².